The molecule has 0 spiro atoms. The van der Waals surface area contributed by atoms with Crippen molar-refractivity contribution in [3.8, 4) is 17.0 Å². The van der Waals surface area contributed by atoms with Gasteiger partial charge in [0.25, 0.3) is 5.91 Å². The molecule has 1 aromatic carbocycles. The summed E-state index contributed by atoms with van der Waals surface area (Å²) >= 11 is 0. The second-order valence-electron chi connectivity index (χ2n) is 10.8. The monoisotopic (exact) mass is 505 g/mol. The zero-order valence-corrected chi connectivity index (χ0v) is 22.1. The summed E-state index contributed by atoms with van der Waals surface area (Å²) in [6.07, 6.45) is 6.92. The first-order chi connectivity index (χ1) is 17.8. The fourth-order valence-corrected chi connectivity index (χ4v) is 5.66. The molecule has 0 radical (unpaired) electrons. The van der Waals surface area contributed by atoms with E-state index in [0.29, 0.717) is 60.3 Å². The van der Waals surface area contributed by atoms with Crippen molar-refractivity contribution in [1.82, 2.24) is 20.2 Å². The van der Waals surface area contributed by atoms with Gasteiger partial charge in [-0.2, -0.15) is 0 Å². The fraction of sp³-hybridized carbons (Fsp3) is 0.448. The average Bonchev–Trinajstić information content (AvgIpc) is 3.49. The minimum Gasteiger partial charge on any atom is -0.490 e. The second-order valence-corrected chi connectivity index (χ2v) is 10.8. The molecule has 1 atom stereocenters. The van der Waals surface area contributed by atoms with Crippen LogP contribution in [-0.4, -0.2) is 52.1 Å². The fourth-order valence-electron chi connectivity index (χ4n) is 5.66. The average molecular weight is 506 g/mol. The molecule has 5 rings (SSSR count). The summed E-state index contributed by atoms with van der Waals surface area (Å²) in [6, 6.07) is 7.21. The number of rotatable bonds is 7. The minimum absolute atomic E-state index is 0.0766. The van der Waals surface area contributed by atoms with Gasteiger partial charge < -0.3 is 20.4 Å². The Morgan fingerprint density at radius 3 is 2.89 bits per heavy atom. The van der Waals surface area contributed by atoms with Crippen LogP contribution in [0.4, 0.5) is 15.8 Å². The Morgan fingerprint density at radius 2 is 2.11 bits per heavy atom. The number of pyridine rings is 1. The lowest BCUT2D eigenvalue weighted by Gasteiger charge is -2.36. The van der Waals surface area contributed by atoms with Gasteiger partial charge in [-0.15, -0.1) is 0 Å². The molecule has 8 heteroatoms. The van der Waals surface area contributed by atoms with Crippen LogP contribution < -0.4 is 15.4 Å². The normalized spacial score (nSPS) is 18.0. The SMILES string of the molecule is CCc1c(F)cccc1Nc1c(-c2ccncc2OC[C@@H]2CCCN2C(C)(C)C)[nH]c2c1C(=O)NCC2. The van der Waals surface area contributed by atoms with Gasteiger partial charge in [-0.1, -0.05) is 13.0 Å². The number of nitrogens with zero attached hydrogens (tertiary/aromatic N) is 2. The minimum atomic E-state index is -0.268. The predicted octanol–water partition coefficient (Wildman–Crippen LogP) is 5.45. The van der Waals surface area contributed by atoms with Crippen molar-refractivity contribution in [2.24, 2.45) is 0 Å². The lowest BCUT2D eigenvalue weighted by molar-refractivity contribution is 0.0878. The number of hydrogen-bond donors (Lipinski definition) is 3. The van der Waals surface area contributed by atoms with Crippen LogP contribution in [0, 0.1) is 5.82 Å². The number of amides is 1. The van der Waals surface area contributed by atoms with Crippen LogP contribution in [-0.2, 0) is 12.8 Å². The summed E-state index contributed by atoms with van der Waals surface area (Å²) in [4.78, 5) is 23.3. The number of aromatic nitrogens is 2. The zero-order valence-electron chi connectivity index (χ0n) is 22.1. The van der Waals surface area contributed by atoms with E-state index in [1.54, 1.807) is 18.5 Å². The highest BCUT2D eigenvalue weighted by Crippen LogP contribution is 2.41. The number of fused-ring (bicyclic) bond motifs is 1. The number of benzene rings is 1. The van der Waals surface area contributed by atoms with Crippen molar-refractivity contribution in [1.29, 1.82) is 0 Å². The molecule has 1 saturated heterocycles. The van der Waals surface area contributed by atoms with E-state index in [0.717, 1.165) is 36.3 Å². The molecule has 0 saturated carbocycles. The van der Waals surface area contributed by atoms with Gasteiger partial charge >= 0.3 is 0 Å². The van der Waals surface area contributed by atoms with Gasteiger partial charge in [-0.3, -0.25) is 14.7 Å². The van der Waals surface area contributed by atoms with Crippen LogP contribution in [0.2, 0.25) is 0 Å². The summed E-state index contributed by atoms with van der Waals surface area (Å²) < 4.78 is 21.0. The zero-order chi connectivity index (χ0) is 26.2. The lowest BCUT2D eigenvalue weighted by Crippen LogP contribution is -2.46. The van der Waals surface area contributed by atoms with Crippen LogP contribution in [0.3, 0.4) is 0 Å². The molecule has 196 valence electrons. The summed E-state index contributed by atoms with van der Waals surface area (Å²) in [6.45, 7) is 10.8. The molecule has 7 nitrogen and oxygen atoms in total. The standard InChI is InChI=1S/C29H36FN5O2/c1-5-19-21(30)9-6-10-22(19)33-27-25-23(12-14-32-28(25)36)34-26(27)20-11-13-31-16-24(20)37-17-18-8-7-15-35(18)29(2,3)4/h6,9-11,13,16,18,33-34H,5,7-8,12,14-15,17H2,1-4H3,(H,32,36)/t18-/m0/s1. The van der Waals surface area contributed by atoms with Crippen molar-refractivity contribution >= 4 is 17.3 Å². The van der Waals surface area contributed by atoms with Crippen LogP contribution in [0.25, 0.3) is 11.3 Å². The molecule has 2 aliphatic heterocycles. The van der Waals surface area contributed by atoms with E-state index in [1.165, 1.54) is 6.07 Å². The van der Waals surface area contributed by atoms with Gasteiger partial charge in [0.2, 0.25) is 0 Å². The molecule has 1 amide bonds. The third-order valence-electron chi connectivity index (χ3n) is 7.42. The number of carbonyl (C=O) groups excluding carboxylic acids is 1. The molecule has 0 aliphatic carbocycles. The predicted molar refractivity (Wildman–Crippen MR) is 144 cm³/mol. The highest BCUT2D eigenvalue weighted by Gasteiger charge is 2.34. The number of aromatic amines is 1. The van der Waals surface area contributed by atoms with E-state index >= 15 is 0 Å². The molecular formula is C29H36FN5O2. The molecular weight excluding hydrogens is 469 g/mol. The van der Waals surface area contributed by atoms with Crippen molar-refractivity contribution < 1.29 is 13.9 Å². The molecule has 37 heavy (non-hydrogen) atoms. The molecule has 1 fully saturated rings. The van der Waals surface area contributed by atoms with Gasteiger partial charge in [0, 0.05) is 53.3 Å². The van der Waals surface area contributed by atoms with E-state index < -0.39 is 0 Å². The molecule has 2 aromatic heterocycles. The number of ether oxygens (including phenoxy) is 1. The van der Waals surface area contributed by atoms with E-state index in [9.17, 15) is 9.18 Å². The number of nitrogens with one attached hydrogen (secondary N) is 3. The number of anilines is 2. The maximum atomic E-state index is 14.6. The Bertz CT molecular complexity index is 1300. The van der Waals surface area contributed by atoms with Crippen LogP contribution in [0.5, 0.6) is 5.75 Å². The van der Waals surface area contributed by atoms with Gasteiger partial charge in [0.1, 0.15) is 18.2 Å². The third kappa shape index (κ3) is 4.94. The Labute approximate surface area is 217 Å². The Morgan fingerprint density at radius 1 is 1.27 bits per heavy atom. The van der Waals surface area contributed by atoms with Gasteiger partial charge in [0.15, 0.2) is 0 Å². The molecule has 0 unspecified atom stereocenters. The number of carbonyl (C=O) groups is 1. The van der Waals surface area contributed by atoms with Crippen LogP contribution in [0.15, 0.2) is 36.7 Å². The van der Waals surface area contributed by atoms with Crippen LogP contribution in [0.1, 0.15) is 62.2 Å². The number of hydrogen-bond acceptors (Lipinski definition) is 5. The van der Waals surface area contributed by atoms with E-state index in [1.807, 2.05) is 19.1 Å². The molecule has 3 N–H and O–H groups in total. The summed E-state index contributed by atoms with van der Waals surface area (Å²) in [5, 5.41) is 6.35. The van der Waals surface area contributed by atoms with E-state index in [2.05, 4.69) is 46.3 Å². The smallest absolute Gasteiger partial charge is 0.255 e. The van der Waals surface area contributed by atoms with Crippen molar-refractivity contribution in [3.05, 3.63) is 59.3 Å². The first-order valence-electron chi connectivity index (χ1n) is 13.2. The number of halogens is 1. The Balaban J connectivity index is 1.53. The highest BCUT2D eigenvalue weighted by atomic mass is 19.1. The summed E-state index contributed by atoms with van der Waals surface area (Å²) in [7, 11) is 0. The van der Waals surface area contributed by atoms with E-state index in [-0.39, 0.29) is 17.3 Å². The van der Waals surface area contributed by atoms with Gasteiger partial charge in [0.05, 0.1) is 23.1 Å². The lowest BCUT2D eigenvalue weighted by atomic mass is 10.0. The molecule has 2 aliphatic rings. The maximum absolute atomic E-state index is 14.6. The Hall–Kier alpha value is -3.39. The maximum Gasteiger partial charge on any atom is 0.255 e. The topological polar surface area (TPSA) is 82.3 Å². The summed E-state index contributed by atoms with van der Waals surface area (Å²) in [5.74, 6) is 0.236. The van der Waals surface area contributed by atoms with E-state index in [4.69, 9.17) is 4.74 Å². The highest BCUT2D eigenvalue weighted by molar-refractivity contribution is 6.06. The van der Waals surface area contributed by atoms with Crippen molar-refractivity contribution in [2.45, 2.75) is 65.0 Å². The molecule has 4 heterocycles. The van der Waals surface area contributed by atoms with Crippen molar-refractivity contribution in [3.63, 3.8) is 0 Å². The largest absolute Gasteiger partial charge is 0.490 e. The second kappa shape index (κ2) is 10.2. The summed E-state index contributed by atoms with van der Waals surface area (Å²) in [5.41, 5.74) is 4.90. The first-order valence-corrected chi connectivity index (χ1v) is 13.2. The number of H-pyrrole nitrogens is 1. The van der Waals surface area contributed by atoms with Crippen LogP contribution >= 0.6 is 0 Å². The molecule has 0 bridgehead atoms. The quantitative estimate of drug-likeness (QED) is 0.398. The van der Waals surface area contributed by atoms with Gasteiger partial charge in [-0.05, 0) is 64.8 Å². The number of likely N-dealkylation sites (tertiary alicyclic amines) is 1. The molecule has 3 aromatic rings. The Kier molecular flexibility index (Phi) is 6.94. The third-order valence-corrected chi connectivity index (χ3v) is 7.42. The van der Waals surface area contributed by atoms with Crippen molar-refractivity contribution in [2.75, 3.05) is 25.0 Å². The van der Waals surface area contributed by atoms with Gasteiger partial charge in [-0.25, -0.2) is 4.39 Å². The first kappa shape index (κ1) is 25.3.